The van der Waals surface area contributed by atoms with Crippen molar-refractivity contribution in [2.75, 3.05) is 13.2 Å². The Balaban J connectivity index is 4.56. The molecule has 0 aliphatic heterocycles. The smallest absolute Gasteiger partial charge is 0.306 e. The predicted molar refractivity (Wildman–Crippen MR) is 265 cm³/mol. The maximum Gasteiger partial charge on any atom is 0.306 e. The summed E-state index contributed by atoms with van der Waals surface area (Å²) in [7, 11) is 0. The molecule has 1 atom stereocenters. The van der Waals surface area contributed by atoms with Gasteiger partial charge < -0.3 is 14.2 Å². The van der Waals surface area contributed by atoms with Crippen LogP contribution in [0.15, 0.2) is 109 Å². The van der Waals surface area contributed by atoms with Crippen LogP contribution < -0.4 is 0 Å². The molecule has 6 heteroatoms. The van der Waals surface area contributed by atoms with Crippen molar-refractivity contribution in [1.29, 1.82) is 0 Å². The highest BCUT2D eigenvalue weighted by Crippen LogP contribution is 2.12. The van der Waals surface area contributed by atoms with Gasteiger partial charge in [-0.3, -0.25) is 14.4 Å². The van der Waals surface area contributed by atoms with E-state index in [1.165, 1.54) is 57.8 Å². The molecule has 0 saturated heterocycles. The van der Waals surface area contributed by atoms with Crippen molar-refractivity contribution in [3.63, 3.8) is 0 Å². The van der Waals surface area contributed by atoms with E-state index >= 15 is 0 Å². The number of carbonyl (C=O) groups excluding carboxylic acids is 3. The number of rotatable bonds is 43. The molecule has 0 N–H and O–H groups in total. The molecule has 0 aromatic rings. The number of allylic oxidation sites excluding steroid dienone is 18. The topological polar surface area (TPSA) is 78.9 Å². The van der Waals surface area contributed by atoms with Crippen molar-refractivity contribution in [2.45, 2.75) is 213 Å². The lowest BCUT2D eigenvalue weighted by Gasteiger charge is -2.18. The molecule has 350 valence electrons. The van der Waals surface area contributed by atoms with E-state index in [-0.39, 0.29) is 44.0 Å². The Labute approximate surface area is 380 Å². The van der Waals surface area contributed by atoms with Gasteiger partial charge >= 0.3 is 17.9 Å². The first-order valence-corrected chi connectivity index (χ1v) is 24.9. The van der Waals surface area contributed by atoms with Crippen molar-refractivity contribution in [1.82, 2.24) is 0 Å². The van der Waals surface area contributed by atoms with Gasteiger partial charge in [0.2, 0.25) is 0 Å². The molecule has 0 bridgehead atoms. The average molecular weight is 859 g/mol. The van der Waals surface area contributed by atoms with E-state index in [0.717, 1.165) is 96.3 Å². The van der Waals surface area contributed by atoms with Crippen LogP contribution in [0.5, 0.6) is 0 Å². The summed E-state index contributed by atoms with van der Waals surface area (Å²) in [6.07, 6.45) is 66.6. The second-order valence-corrected chi connectivity index (χ2v) is 16.0. The SMILES string of the molecule is CC/C=C\C/C=C\C/C=C\C/C=C\CCCCC(=O)OC(COC(=O)CC/C=C\C/C=C\C/C=C\C/C=C\CC)COC(=O)CCCCCCC/C=C\CCCCCCCCC. The standard InChI is InChI=1S/C56H90O6/c1-4-7-10-13-16-19-22-25-27-29-31-34-37-40-43-46-49-55(58)61-52-53(51-60-54(57)48-45-42-39-36-33-30-24-21-18-15-12-9-6-3)62-56(59)50-47-44-41-38-35-32-28-26-23-20-17-14-11-8-5-2/h8-9,11-12,17-18,20-21,26-30,33,35,38-39,42,53H,4-7,10,13-16,19,22-25,31-32,34,36-37,40-41,43-52H2,1-3H3/b11-8-,12-9-,20-17-,21-18-,28-26-,29-27-,33-30-,38-35-,42-39-. The molecule has 62 heavy (non-hydrogen) atoms. The summed E-state index contributed by atoms with van der Waals surface area (Å²) in [6.45, 7) is 6.28. The molecule has 6 nitrogen and oxygen atoms in total. The monoisotopic (exact) mass is 859 g/mol. The Kier molecular flexibility index (Phi) is 46.6. The Morgan fingerprint density at radius 1 is 0.339 bits per heavy atom. The number of hydrogen-bond acceptors (Lipinski definition) is 6. The molecule has 0 heterocycles. The first-order valence-electron chi connectivity index (χ1n) is 24.9. The molecule has 0 fully saturated rings. The van der Waals surface area contributed by atoms with Gasteiger partial charge in [0.05, 0.1) is 0 Å². The fraction of sp³-hybridized carbons (Fsp3) is 0.625. The maximum absolute atomic E-state index is 12.8. The van der Waals surface area contributed by atoms with Crippen molar-refractivity contribution in [3.05, 3.63) is 109 Å². The van der Waals surface area contributed by atoms with Crippen LogP contribution in [-0.2, 0) is 28.6 Å². The number of hydrogen-bond donors (Lipinski definition) is 0. The molecule has 0 aliphatic rings. The lowest BCUT2D eigenvalue weighted by atomic mass is 10.1. The van der Waals surface area contributed by atoms with Crippen LogP contribution in [0.1, 0.15) is 207 Å². The molecule has 0 aromatic carbocycles. The van der Waals surface area contributed by atoms with Crippen LogP contribution in [-0.4, -0.2) is 37.2 Å². The fourth-order valence-electron chi connectivity index (χ4n) is 6.32. The molecule has 0 spiro atoms. The quantitative estimate of drug-likeness (QED) is 0.0263. The zero-order valence-corrected chi connectivity index (χ0v) is 39.8. The van der Waals surface area contributed by atoms with Crippen LogP contribution in [0.3, 0.4) is 0 Å². The highest BCUT2D eigenvalue weighted by molar-refractivity contribution is 5.71. The largest absolute Gasteiger partial charge is 0.462 e. The Hall–Kier alpha value is -3.93. The van der Waals surface area contributed by atoms with Crippen LogP contribution >= 0.6 is 0 Å². The van der Waals surface area contributed by atoms with E-state index in [2.05, 4.69) is 118 Å². The van der Waals surface area contributed by atoms with Gasteiger partial charge in [0.1, 0.15) is 13.2 Å². The number of esters is 3. The van der Waals surface area contributed by atoms with Crippen molar-refractivity contribution < 1.29 is 28.6 Å². The molecule has 0 aliphatic carbocycles. The molecule has 0 rings (SSSR count). The second kappa shape index (κ2) is 49.7. The molecule has 0 aromatic heterocycles. The summed E-state index contributed by atoms with van der Waals surface area (Å²) in [6, 6.07) is 0. The Morgan fingerprint density at radius 2 is 0.661 bits per heavy atom. The minimum atomic E-state index is -0.832. The molecule has 0 saturated carbocycles. The zero-order chi connectivity index (χ0) is 45.1. The summed E-state index contributed by atoms with van der Waals surface area (Å²) in [4.78, 5) is 37.9. The third-order valence-electron chi connectivity index (χ3n) is 10.0. The fourth-order valence-corrected chi connectivity index (χ4v) is 6.32. The maximum atomic E-state index is 12.8. The number of carbonyl (C=O) groups is 3. The molecule has 0 radical (unpaired) electrons. The van der Waals surface area contributed by atoms with E-state index in [0.29, 0.717) is 19.3 Å². The first kappa shape index (κ1) is 58.1. The minimum absolute atomic E-state index is 0.123. The highest BCUT2D eigenvalue weighted by Gasteiger charge is 2.19. The van der Waals surface area contributed by atoms with Crippen LogP contribution in [0, 0.1) is 0 Å². The van der Waals surface area contributed by atoms with Crippen molar-refractivity contribution in [3.8, 4) is 0 Å². The van der Waals surface area contributed by atoms with E-state index in [9.17, 15) is 14.4 Å². The molecular weight excluding hydrogens is 769 g/mol. The van der Waals surface area contributed by atoms with E-state index < -0.39 is 6.10 Å². The summed E-state index contributed by atoms with van der Waals surface area (Å²) in [5, 5.41) is 0. The molecular formula is C56H90O6. The van der Waals surface area contributed by atoms with Gasteiger partial charge in [0, 0.05) is 19.3 Å². The lowest BCUT2D eigenvalue weighted by Crippen LogP contribution is -2.30. The predicted octanol–water partition coefficient (Wildman–Crippen LogP) is 16.4. The van der Waals surface area contributed by atoms with Crippen LogP contribution in [0.4, 0.5) is 0 Å². The summed E-state index contributed by atoms with van der Waals surface area (Å²) in [5.41, 5.74) is 0. The summed E-state index contributed by atoms with van der Waals surface area (Å²) < 4.78 is 16.7. The average Bonchev–Trinajstić information content (AvgIpc) is 3.27. The lowest BCUT2D eigenvalue weighted by molar-refractivity contribution is -0.166. The van der Waals surface area contributed by atoms with Gasteiger partial charge in [-0.1, -0.05) is 188 Å². The van der Waals surface area contributed by atoms with Crippen LogP contribution in [0.2, 0.25) is 0 Å². The van der Waals surface area contributed by atoms with Gasteiger partial charge in [-0.15, -0.1) is 0 Å². The van der Waals surface area contributed by atoms with E-state index in [1.807, 2.05) is 12.2 Å². The minimum Gasteiger partial charge on any atom is -0.462 e. The summed E-state index contributed by atoms with van der Waals surface area (Å²) >= 11 is 0. The number of unbranched alkanes of at least 4 members (excludes halogenated alkanes) is 14. The summed E-state index contributed by atoms with van der Waals surface area (Å²) in [5.74, 6) is -1.07. The molecule has 1 unspecified atom stereocenters. The van der Waals surface area contributed by atoms with Gasteiger partial charge in [-0.25, -0.2) is 0 Å². The van der Waals surface area contributed by atoms with Crippen LogP contribution in [0.25, 0.3) is 0 Å². The third kappa shape index (κ3) is 47.1. The highest BCUT2D eigenvalue weighted by atomic mass is 16.6. The molecule has 0 amide bonds. The van der Waals surface area contributed by atoms with Gasteiger partial charge in [0.15, 0.2) is 6.10 Å². The second-order valence-electron chi connectivity index (χ2n) is 16.0. The van der Waals surface area contributed by atoms with E-state index in [1.54, 1.807) is 0 Å². The van der Waals surface area contributed by atoms with Gasteiger partial charge in [-0.2, -0.15) is 0 Å². The zero-order valence-electron chi connectivity index (χ0n) is 39.8. The number of ether oxygens (including phenoxy) is 3. The van der Waals surface area contributed by atoms with Gasteiger partial charge in [-0.05, 0) is 109 Å². The Morgan fingerprint density at radius 3 is 1.13 bits per heavy atom. The van der Waals surface area contributed by atoms with Crippen molar-refractivity contribution in [2.24, 2.45) is 0 Å². The van der Waals surface area contributed by atoms with E-state index in [4.69, 9.17) is 14.2 Å². The Bertz CT molecular complexity index is 1310. The first-order chi connectivity index (χ1) is 30.5. The van der Waals surface area contributed by atoms with Crippen molar-refractivity contribution >= 4 is 17.9 Å². The van der Waals surface area contributed by atoms with Gasteiger partial charge in [0.25, 0.3) is 0 Å². The third-order valence-corrected chi connectivity index (χ3v) is 10.0. The normalized spacial score (nSPS) is 13.0.